The molecule has 0 saturated carbocycles. The van der Waals surface area contributed by atoms with Gasteiger partial charge in [0.15, 0.2) is 0 Å². The minimum Gasteiger partial charge on any atom is -0.491 e. The largest absolute Gasteiger partial charge is 0.491 e. The molecule has 0 saturated heterocycles. The molecule has 0 radical (unpaired) electrons. The quantitative estimate of drug-likeness (QED) is 0.635. The van der Waals surface area contributed by atoms with Gasteiger partial charge >= 0.3 is 5.97 Å². The highest BCUT2D eigenvalue weighted by atomic mass is 16.5. The number of carbonyl (C=O) groups excluding carboxylic acids is 1. The fourth-order valence-electron chi connectivity index (χ4n) is 1.71. The number of rotatable bonds is 4. The highest BCUT2D eigenvalue weighted by Crippen LogP contribution is 2.17. The fraction of sp³-hybridized carbons (Fsp3) is 0.176. The molecule has 0 bridgehead atoms. The molecule has 2 aromatic rings. The Morgan fingerprint density at radius 3 is 2.10 bits per heavy atom. The molecule has 0 fully saturated rings. The lowest BCUT2D eigenvalue weighted by molar-refractivity contribution is 0.0734. The van der Waals surface area contributed by atoms with E-state index < -0.39 is 5.97 Å². The molecule has 4 heteroatoms. The van der Waals surface area contributed by atoms with Crippen molar-refractivity contribution >= 4 is 5.97 Å². The van der Waals surface area contributed by atoms with E-state index in [1.54, 1.807) is 48.5 Å². The standard InChI is InChI=1S/C17H15NO3/c1-12(2)20-15-9-5-14(6-10-15)17(19)21-16-7-3-13(11-18)4-8-16/h3-10,12H,1-2H3. The van der Waals surface area contributed by atoms with Gasteiger partial charge in [-0.3, -0.25) is 0 Å². The Bertz CT molecular complexity index is 652. The predicted octanol–water partition coefficient (Wildman–Crippen LogP) is 3.56. The van der Waals surface area contributed by atoms with Gasteiger partial charge in [-0.1, -0.05) is 0 Å². The number of esters is 1. The summed E-state index contributed by atoms with van der Waals surface area (Å²) >= 11 is 0. The normalized spacial score (nSPS) is 10.0. The molecule has 0 heterocycles. The van der Waals surface area contributed by atoms with Crippen LogP contribution in [0.5, 0.6) is 11.5 Å². The summed E-state index contributed by atoms with van der Waals surface area (Å²) in [6.45, 7) is 3.88. The van der Waals surface area contributed by atoms with Crippen molar-refractivity contribution in [2.45, 2.75) is 20.0 Å². The van der Waals surface area contributed by atoms with E-state index in [1.165, 1.54) is 0 Å². The van der Waals surface area contributed by atoms with E-state index in [9.17, 15) is 4.79 Å². The van der Waals surface area contributed by atoms with Crippen LogP contribution in [0.15, 0.2) is 48.5 Å². The van der Waals surface area contributed by atoms with Crippen molar-refractivity contribution in [3.63, 3.8) is 0 Å². The van der Waals surface area contributed by atoms with Crippen LogP contribution in [0.2, 0.25) is 0 Å². The molecule has 21 heavy (non-hydrogen) atoms. The first-order valence-electron chi connectivity index (χ1n) is 6.57. The molecule has 0 aliphatic rings. The van der Waals surface area contributed by atoms with E-state index in [-0.39, 0.29) is 6.10 Å². The van der Waals surface area contributed by atoms with Crippen LogP contribution in [0.25, 0.3) is 0 Å². The third-order valence-electron chi connectivity index (χ3n) is 2.66. The Kier molecular flexibility index (Phi) is 4.57. The van der Waals surface area contributed by atoms with E-state index in [0.717, 1.165) is 0 Å². The second-order valence-corrected chi connectivity index (χ2v) is 4.72. The van der Waals surface area contributed by atoms with Crippen molar-refractivity contribution in [3.05, 3.63) is 59.7 Å². The van der Waals surface area contributed by atoms with Crippen LogP contribution in [-0.4, -0.2) is 12.1 Å². The summed E-state index contributed by atoms with van der Waals surface area (Å²) in [5.74, 6) is 0.664. The van der Waals surface area contributed by atoms with Crippen molar-refractivity contribution in [1.82, 2.24) is 0 Å². The van der Waals surface area contributed by atoms with E-state index in [0.29, 0.717) is 22.6 Å². The number of carbonyl (C=O) groups is 1. The van der Waals surface area contributed by atoms with Crippen LogP contribution in [0.3, 0.4) is 0 Å². The third kappa shape index (κ3) is 4.08. The maximum atomic E-state index is 12.0. The van der Waals surface area contributed by atoms with E-state index in [2.05, 4.69) is 0 Å². The molecule has 0 aromatic heterocycles. The first kappa shape index (κ1) is 14.6. The van der Waals surface area contributed by atoms with Crippen molar-refractivity contribution < 1.29 is 14.3 Å². The van der Waals surface area contributed by atoms with Crippen LogP contribution < -0.4 is 9.47 Å². The monoisotopic (exact) mass is 281 g/mol. The molecule has 0 aliphatic carbocycles. The van der Waals surface area contributed by atoms with Crippen LogP contribution in [0.1, 0.15) is 29.8 Å². The number of benzene rings is 2. The maximum absolute atomic E-state index is 12.0. The Labute approximate surface area is 123 Å². The van der Waals surface area contributed by atoms with Gasteiger partial charge in [-0.2, -0.15) is 5.26 Å². The predicted molar refractivity (Wildman–Crippen MR) is 78.3 cm³/mol. The number of hydrogen-bond donors (Lipinski definition) is 0. The number of nitrogens with zero attached hydrogens (tertiary/aromatic N) is 1. The number of ether oxygens (including phenoxy) is 2. The average Bonchev–Trinajstić information content (AvgIpc) is 2.48. The molecule has 0 spiro atoms. The van der Waals surface area contributed by atoms with E-state index >= 15 is 0 Å². The zero-order valence-corrected chi connectivity index (χ0v) is 11.9. The van der Waals surface area contributed by atoms with E-state index in [1.807, 2.05) is 19.9 Å². The minimum absolute atomic E-state index is 0.0847. The Morgan fingerprint density at radius 1 is 1.00 bits per heavy atom. The van der Waals surface area contributed by atoms with E-state index in [4.69, 9.17) is 14.7 Å². The van der Waals surface area contributed by atoms with Crippen LogP contribution in [-0.2, 0) is 0 Å². The molecule has 106 valence electrons. The lowest BCUT2D eigenvalue weighted by Gasteiger charge is -2.10. The summed E-state index contributed by atoms with van der Waals surface area (Å²) in [6.07, 6.45) is 0.0847. The second kappa shape index (κ2) is 6.58. The summed E-state index contributed by atoms with van der Waals surface area (Å²) in [5, 5.41) is 8.71. The van der Waals surface area contributed by atoms with Crippen LogP contribution in [0, 0.1) is 11.3 Å². The molecule has 0 amide bonds. The molecule has 2 aromatic carbocycles. The minimum atomic E-state index is -0.448. The first-order chi connectivity index (χ1) is 10.1. The fourth-order valence-corrected chi connectivity index (χ4v) is 1.71. The highest BCUT2D eigenvalue weighted by Gasteiger charge is 2.09. The molecule has 4 nitrogen and oxygen atoms in total. The smallest absolute Gasteiger partial charge is 0.343 e. The number of hydrogen-bond acceptors (Lipinski definition) is 4. The SMILES string of the molecule is CC(C)Oc1ccc(C(=O)Oc2ccc(C#N)cc2)cc1. The molecule has 2 rings (SSSR count). The summed E-state index contributed by atoms with van der Waals surface area (Å²) < 4.78 is 10.7. The van der Waals surface area contributed by atoms with Gasteiger partial charge < -0.3 is 9.47 Å². The van der Waals surface area contributed by atoms with Crippen molar-refractivity contribution in [2.24, 2.45) is 0 Å². The van der Waals surface area contributed by atoms with Crippen LogP contribution in [0.4, 0.5) is 0 Å². The lowest BCUT2D eigenvalue weighted by atomic mass is 10.2. The topological polar surface area (TPSA) is 59.3 Å². The van der Waals surface area contributed by atoms with Gasteiger partial charge in [0.25, 0.3) is 0 Å². The molecule has 0 aliphatic heterocycles. The highest BCUT2D eigenvalue weighted by molar-refractivity contribution is 5.91. The van der Waals surface area contributed by atoms with Gasteiger partial charge in [-0.05, 0) is 62.4 Å². The van der Waals surface area contributed by atoms with Gasteiger partial charge in [0.2, 0.25) is 0 Å². The van der Waals surface area contributed by atoms with Gasteiger partial charge in [-0.25, -0.2) is 4.79 Å². The molecule has 0 N–H and O–H groups in total. The van der Waals surface area contributed by atoms with Crippen LogP contribution >= 0.6 is 0 Å². The summed E-state index contributed by atoms with van der Waals surface area (Å²) in [6, 6.07) is 15.2. The number of nitriles is 1. The summed E-state index contributed by atoms with van der Waals surface area (Å²) in [4.78, 5) is 12.0. The zero-order chi connectivity index (χ0) is 15.2. The molecular weight excluding hydrogens is 266 g/mol. The first-order valence-corrected chi connectivity index (χ1v) is 6.57. The van der Waals surface area contributed by atoms with Crippen molar-refractivity contribution in [1.29, 1.82) is 5.26 Å². The zero-order valence-electron chi connectivity index (χ0n) is 11.9. The lowest BCUT2D eigenvalue weighted by Crippen LogP contribution is -2.09. The summed E-state index contributed by atoms with van der Waals surface area (Å²) in [7, 11) is 0. The molecule has 0 unspecified atom stereocenters. The Hall–Kier alpha value is -2.80. The van der Waals surface area contributed by atoms with Gasteiger partial charge in [0.1, 0.15) is 11.5 Å². The summed E-state index contributed by atoms with van der Waals surface area (Å²) in [5.41, 5.74) is 0.959. The Morgan fingerprint density at radius 2 is 1.57 bits per heavy atom. The van der Waals surface area contributed by atoms with Crippen molar-refractivity contribution in [2.75, 3.05) is 0 Å². The van der Waals surface area contributed by atoms with Gasteiger partial charge in [0.05, 0.1) is 23.3 Å². The average molecular weight is 281 g/mol. The molecule has 0 atom stereocenters. The van der Waals surface area contributed by atoms with Crippen molar-refractivity contribution in [3.8, 4) is 17.6 Å². The van der Waals surface area contributed by atoms with Gasteiger partial charge in [-0.15, -0.1) is 0 Å². The van der Waals surface area contributed by atoms with Gasteiger partial charge in [0, 0.05) is 0 Å². The molecular formula is C17H15NO3. The third-order valence-corrected chi connectivity index (χ3v) is 2.66. The maximum Gasteiger partial charge on any atom is 0.343 e. The second-order valence-electron chi connectivity index (χ2n) is 4.72. The Balaban J connectivity index is 2.04.